The van der Waals surface area contributed by atoms with Gasteiger partial charge in [0.15, 0.2) is 6.04 Å². The molecule has 1 heterocycles. The Labute approximate surface area is 189 Å². The number of aliphatic hydroxyl groups excluding tert-OH is 1. The topological polar surface area (TPSA) is 150 Å². The van der Waals surface area contributed by atoms with Gasteiger partial charge < -0.3 is 20.5 Å². The molecule has 10 nitrogen and oxygen atoms in total. The number of rotatable bonds is 9. The standard InChI is InChI=1S/C23H22N4O6/c28-12-13-33-19-9-7-16(8-10-19)15-3-5-17(6-4-15)21(29)26-20(23(31)27-32)22(30)25-18-2-1-11-24-14-18/h1-11,14,20,28,32H,12-13H2,(H,25,30)(H,26,29)(H,27,31). The molecule has 1 unspecified atom stereocenters. The van der Waals surface area contributed by atoms with E-state index in [0.717, 1.165) is 11.1 Å². The number of aliphatic hydroxyl groups is 1. The quantitative estimate of drug-likeness (QED) is 0.188. The summed E-state index contributed by atoms with van der Waals surface area (Å²) in [4.78, 5) is 40.9. The minimum Gasteiger partial charge on any atom is -0.491 e. The number of carbonyl (C=O) groups is 3. The summed E-state index contributed by atoms with van der Waals surface area (Å²) in [5, 5.41) is 22.5. The largest absolute Gasteiger partial charge is 0.491 e. The molecule has 2 aromatic carbocycles. The molecule has 3 aromatic rings. The highest BCUT2D eigenvalue weighted by Gasteiger charge is 2.29. The maximum absolute atomic E-state index is 12.6. The lowest BCUT2D eigenvalue weighted by Crippen LogP contribution is -2.52. The number of carbonyl (C=O) groups excluding carboxylic acids is 3. The van der Waals surface area contributed by atoms with E-state index in [4.69, 9.17) is 15.1 Å². The zero-order valence-electron chi connectivity index (χ0n) is 17.4. The van der Waals surface area contributed by atoms with E-state index in [9.17, 15) is 14.4 Å². The Kier molecular flexibility index (Phi) is 8.06. The van der Waals surface area contributed by atoms with E-state index in [1.165, 1.54) is 17.9 Å². The Morgan fingerprint density at radius 1 is 0.939 bits per heavy atom. The van der Waals surface area contributed by atoms with Crippen molar-refractivity contribution in [3.8, 4) is 16.9 Å². The van der Waals surface area contributed by atoms with Crippen molar-refractivity contribution in [2.45, 2.75) is 6.04 Å². The molecule has 0 spiro atoms. The number of hydroxylamine groups is 1. The fourth-order valence-corrected chi connectivity index (χ4v) is 2.90. The van der Waals surface area contributed by atoms with Crippen LogP contribution >= 0.6 is 0 Å². The maximum Gasteiger partial charge on any atom is 0.275 e. The Bertz CT molecular complexity index is 1090. The average molecular weight is 450 g/mol. The number of pyridine rings is 1. The molecule has 170 valence electrons. The molecule has 0 bridgehead atoms. The summed E-state index contributed by atoms with van der Waals surface area (Å²) in [6, 6.07) is 15.2. The number of aromatic nitrogens is 1. The van der Waals surface area contributed by atoms with E-state index in [-0.39, 0.29) is 18.8 Å². The summed E-state index contributed by atoms with van der Waals surface area (Å²) >= 11 is 0. The van der Waals surface area contributed by atoms with E-state index in [1.807, 2.05) is 12.1 Å². The van der Waals surface area contributed by atoms with Crippen molar-refractivity contribution >= 4 is 23.4 Å². The molecule has 3 amide bonds. The monoisotopic (exact) mass is 450 g/mol. The highest BCUT2D eigenvalue weighted by molar-refractivity contribution is 6.13. The van der Waals surface area contributed by atoms with Crippen molar-refractivity contribution in [1.82, 2.24) is 15.8 Å². The van der Waals surface area contributed by atoms with Crippen LogP contribution in [0.15, 0.2) is 73.1 Å². The zero-order valence-corrected chi connectivity index (χ0v) is 17.4. The molecule has 0 aliphatic rings. The van der Waals surface area contributed by atoms with Crippen LogP contribution in [0.25, 0.3) is 11.1 Å². The number of ether oxygens (including phenoxy) is 1. The van der Waals surface area contributed by atoms with E-state index >= 15 is 0 Å². The van der Waals surface area contributed by atoms with E-state index in [0.29, 0.717) is 11.4 Å². The van der Waals surface area contributed by atoms with Gasteiger partial charge in [-0.1, -0.05) is 24.3 Å². The number of hydrogen-bond acceptors (Lipinski definition) is 7. The molecular formula is C23H22N4O6. The van der Waals surface area contributed by atoms with Gasteiger partial charge in [0, 0.05) is 11.8 Å². The fourth-order valence-electron chi connectivity index (χ4n) is 2.90. The molecule has 5 N–H and O–H groups in total. The van der Waals surface area contributed by atoms with Crippen LogP contribution in [0.3, 0.4) is 0 Å². The number of hydrogen-bond donors (Lipinski definition) is 5. The van der Waals surface area contributed by atoms with Crippen LogP contribution in [0.5, 0.6) is 5.75 Å². The van der Waals surface area contributed by atoms with Gasteiger partial charge >= 0.3 is 0 Å². The lowest BCUT2D eigenvalue weighted by Gasteiger charge is -2.16. The van der Waals surface area contributed by atoms with Crippen molar-refractivity contribution in [3.63, 3.8) is 0 Å². The summed E-state index contributed by atoms with van der Waals surface area (Å²) in [7, 11) is 0. The van der Waals surface area contributed by atoms with Gasteiger partial charge in [-0.3, -0.25) is 24.6 Å². The zero-order chi connectivity index (χ0) is 23.6. The molecule has 0 aliphatic heterocycles. The Morgan fingerprint density at radius 3 is 2.18 bits per heavy atom. The van der Waals surface area contributed by atoms with Crippen molar-refractivity contribution in [3.05, 3.63) is 78.6 Å². The predicted octanol–water partition coefficient (Wildman–Crippen LogP) is 1.36. The summed E-state index contributed by atoms with van der Waals surface area (Å²) in [5.74, 6) is -1.99. The van der Waals surface area contributed by atoms with Gasteiger partial charge in [0.05, 0.1) is 18.5 Å². The van der Waals surface area contributed by atoms with Gasteiger partial charge in [-0.05, 0) is 47.5 Å². The average Bonchev–Trinajstić information content (AvgIpc) is 2.86. The van der Waals surface area contributed by atoms with Crippen LogP contribution in [0.2, 0.25) is 0 Å². The smallest absolute Gasteiger partial charge is 0.275 e. The van der Waals surface area contributed by atoms with Crippen molar-refractivity contribution in [1.29, 1.82) is 0 Å². The van der Waals surface area contributed by atoms with E-state index in [2.05, 4.69) is 15.6 Å². The SMILES string of the molecule is O=C(NC(C(=O)NO)C(=O)Nc1cccnc1)c1ccc(-c2ccc(OCCO)cc2)cc1. The number of nitrogens with one attached hydrogen (secondary N) is 3. The molecule has 0 fully saturated rings. The van der Waals surface area contributed by atoms with Gasteiger partial charge in [0.25, 0.3) is 17.7 Å². The summed E-state index contributed by atoms with van der Waals surface area (Å²) in [6.45, 7) is 0.135. The van der Waals surface area contributed by atoms with Crippen molar-refractivity contribution < 1.29 is 29.4 Å². The second-order valence-corrected chi connectivity index (χ2v) is 6.79. The third kappa shape index (κ3) is 6.35. The predicted molar refractivity (Wildman–Crippen MR) is 119 cm³/mol. The van der Waals surface area contributed by atoms with Crippen LogP contribution in [-0.4, -0.2) is 52.3 Å². The van der Waals surface area contributed by atoms with E-state index < -0.39 is 23.8 Å². The van der Waals surface area contributed by atoms with Crippen molar-refractivity contribution in [2.75, 3.05) is 18.5 Å². The molecule has 1 aromatic heterocycles. The lowest BCUT2D eigenvalue weighted by atomic mass is 10.0. The Hall–Kier alpha value is -4.28. The van der Waals surface area contributed by atoms with Crippen LogP contribution in [-0.2, 0) is 9.59 Å². The number of nitrogens with zero attached hydrogens (tertiary/aromatic N) is 1. The normalized spacial score (nSPS) is 11.2. The van der Waals surface area contributed by atoms with Gasteiger partial charge in [-0.2, -0.15) is 0 Å². The molecule has 3 rings (SSSR count). The first-order valence-electron chi connectivity index (χ1n) is 9.91. The molecule has 0 saturated heterocycles. The highest BCUT2D eigenvalue weighted by atomic mass is 16.5. The van der Waals surface area contributed by atoms with Gasteiger partial charge in [0.1, 0.15) is 12.4 Å². The van der Waals surface area contributed by atoms with Crippen LogP contribution in [0.4, 0.5) is 5.69 Å². The second kappa shape index (κ2) is 11.4. The molecule has 1 atom stereocenters. The van der Waals surface area contributed by atoms with Gasteiger partial charge in [-0.15, -0.1) is 0 Å². The molecule has 33 heavy (non-hydrogen) atoms. The Balaban J connectivity index is 1.68. The third-order valence-electron chi connectivity index (χ3n) is 4.53. The minimum atomic E-state index is -1.67. The molecule has 0 aliphatic carbocycles. The first-order valence-corrected chi connectivity index (χ1v) is 9.91. The van der Waals surface area contributed by atoms with Crippen LogP contribution in [0, 0.1) is 0 Å². The molecular weight excluding hydrogens is 428 g/mol. The van der Waals surface area contributed by atoms with Crippen LogP contribution in [0.1, 0.15) is 10.4 Å². The lowest BCUT2D eigenvalue weighted by molar-refractivity contribution is -0.135. The highest BCUT2D eigenvalue weighted by Crippen LogP contribution is 2.23. The number of benzene rings is 2. The van der Waals surface area contributed by atoms with Crippen LogP contribution < -0.4 is 20.9 Å². The Morgan fingerprint density at radius 2 is 1.61 bits per heavy atom. The second-order valence-electron chi connectivity index (χ2n) is 6.79. The number of anilines is 1. The minimum absolute atomic E-state index is 0.0722. The third-order valence-corrected chi connectivity index (χ3v) is 4.53. The van der Waals surface area contributed by atoms with E-state index in [1.54, 1.807) is 48.5 Å². The first kappa shape index (κ1) is 23.4. The molecule has 0 radical (unpaired) electrons. The first-order chi connectivity index (χ1) is 16.0. The fraction of sp³-hybridized carbons (Fsp3) is 0.130. The summed E-state index contributed by atoms with van der Waals surface area (Å²) < 4.78 is 5.33. The number of amides is 3. The maximum atomic E-state index is 12.6. The summed E-state index contributed by atoms with van der Waals surface area (Å²) in [5.41, 5.74) is 3.63. The van der Waals surface area contributed by atoms with Crippen molar-refractivity contribution in [2.24, 2.45) is 0 Å². The summed E-state index contributed by atoms with van der Waals surface area (Å²) in [6.07, 6.45) is 2.89. The molecule has 10 heteroatoms. The van der Waals surface area contributed by atoms with Gasteiger partial charge in [-0.25, -0.2) is 5.48 Å². The molecule has 0 saturated carbocycles. The van der Waals surface area contributed by atoms with Gasteiger partial charge in [0.2, 0.25) is 0 Å².